The van der Waals surface area contributed by atoms with Gasteiger partial charge in [-0.3, -0.25) is 14.5 Å². The van der Waals surface area contributed by atoms with E-state index in [0.717, 1.165) is 25.5 Å². The molecule has 0 aliphatic carbocycles. The summed E-state index contributed by atoms with van der Waals surface area (Å²) in [5.41, 5.74) is 0.672. The number of hydrogen-bond acceptors (Lipinski definition) is 6. The van der Waals surface area contributed by atoms with E-state index in [9.17, 15) is 9.59 Å². The van der Waals surface area contributed by atoms with Crippen LogP contribution in [0.1, 0.15) is 45.0 Å². The van der Waals surface area contributed by atoms with E-state index >= 15 is 0 Å². The van der Waals surface area contributed by atoms with Crippen LogP contribution in [0.15, 0.2) is 18.3 Å². The van der Waals surface area contributed by atoms with Crippen LogP contribution in [0.3, 0.4) is 0 Å². The zero-order valence-corrected chi connectivity index (χ0v) is 16.6. The summed E-state index contributed by atoms with van der Waals surface area (Å²) < 4.78 is 5.39. The zero-order valence-electron chi connectivity index (χ0n) is 16.6. The van der Waals surface area contributed by atoms with Crippen LogP contribution in [0, 0.1) is 5.92 Å². The first-order valence-electron chi connectivity index (χ1n) is 9.37. The number of Topliss-reactive ketones (excluding diaryl/α,β-unsaturated/α-hetero) is 2. The predicted molar refractivity (Wildman–Crippen MR) is 103 cm³/mol. The zero-order chi connectivity index (χ0) is 19.3. The number of ether oxygens (including phenoxy) is 1. The molecule has 144 valence electrons. The van der Waals surface area contributed by atoms with E-state index in [1.807, 2.05) is 26.0 Å². The highest BCUT2D eigenvalue weighted by molar-refractivity contribution is 5.97. The van der Waals surface area contributed by atoms with Crippen molar-refractivity contribution >= 4 is 17.4 Å². The first kappa shape index (κ1) is 20.5. The lowest BCUT2D eigenvalue weighted by Crippen LogP contribution is -2.57. The largest absolute Gasteiger partial charge is 0.372 e. The number of ketones is 2. The molecule has 2 atom stereocenters. The first-order valence-corrected chi connectivity index (χ1v) is 9.37. The number of pyridine rings is 1. The first-order chi connectivity index (χ1) is 12.3. The van der Waals surface area contributed by atoms with Gasteiger partial charge < -0.3 is 9.64 Å². The molecule has 6 heteroatoms. The van der Waals surface area contributed by atoms with E-state index in [1.165, 1.54) is 6.92 Å². The van der Waals surface area contributed by atoms with Crippen LogP contribution in [0.5, 0.6) is 0 Å². The quantitative estimate of drug-likeness (QED) is 0.523. The Morgan fingerprint density at radius 1 is 1.23 bits per heavy atom. The summed E-state index contributed by atoms with van der Waals surface area (Å²) in [6.07, 6.45) is 1.69. The van der Waals surface area contributed by atoms with Crippen molar-refractivity contribution in [2.75, 3.05) is 37.7 Å². The second-order valence-electron chi connectivity index (χ2n) is 7.54. The Morgan fingerprint density at radius 2 is 1.88 bits per heavy atom. The Hall–Kier alpha value is -1.79. The minimum atomic E-state index is -0.0192. The molecule has 26 heavy (non-hydrogen) atoms. The third kappa shape index (κ3) is 5.35. The van der Waals surface area contributed by atoms with Crippen LogP contribution in [0.2, 0.25) is 0 Å². The van der Waals surface area contributed by atoms with Gasteiger partial charge in [-0.05, 0) is 32.9 Å². The molecule has 1 saturated heterocycles. The summed E-state index contributed by atoms with van der Waals surface area (Å²) in [5.74, 6) is 1.08. The lowest BCUT2D eigenvalue weighted by molar-refractivity contribution is -0.121. The molecule has 1 aliphatic heterocycles. The average Bonchev–Trinajstić information content (AvgIpc) is 2.58. The van der Waals surface area contributed by atoms with Gasteiger partial charge in [0, 0.05) is 49.4 Å². The molecular weight excluding hydrogens is 330 g/mol. The number of piperazine rings is 1. The molecule has 0 radical (unpaired) electrons. The lowest BCUT2D eigenvalue weighted by atomic mass is 10.0. The van der Waals surface area contributed by atoms with Gasteiger partial charge in [0.1, 0.15) is 12.4 Å². The SMILES string of the molecule is CC(=O)COCCN1C[C@@H](C)N(c2ccc(C(=O)C(C)C)cn2)[C@@H](C)C1. The molecule has 6 nitrogen and oxygen atoms in total. The van der Waals surface area contributed by atoms with E-state index in [1.54, 1.807) is 6.20 Å². The van der Waals surface area contributed by atoms with Crippen molar-refractivity contribution < 1.29 is 14.3 Å². The number of nitrogens with zero attached hydrogens (tertiary/aromatic N) is 3. The van der Waals surface area contributed by atoms with Gasteiger partial charge in [-0.2, -0.15) is 0 Å². The predicted octanol–water partition coefficient (Wildman–Crippen LogP) is 2.42. The van der Waals surface area contributed by atoms with E-state index < -0.39 is 0 Å². The molecule has 2 rings (SSSR count). The van der Waals surface area contributed by atoms with Gasteiger partial charge in [-0.25, -0.2) is 4.98 Å². The average molecular weight is 361 g/mol. The van der Waals surface area contributed by atoms with Gasteiger partial charge in [-0.15, -0.1) is 0 Å². The maximum atomic E-state index is 12.1. The standard InChI is InChI=1S/C20H31N3O3/c1-14(2)20(25)18-6-7-19(21-10-18)23-15(3)11-22(12-16(23)4)8-9-26-13-17(5)24/h6-7,10,14-16H,8-9,11-13H2,1-5H3/t15-,16+. The van der Waals surface area contributed by atoms with Crippen LogP contribution in [0.4, 0.5) is 5.82 Å². The fourth-order valence-electron chi connectivity index (χ4n) is 3.49. The number of carbonyl (C=O) groups is 2. The van der Waals surface area contributed by atoms with Crippen molar-refractivity contribution in [1.82, 2.24) is 9.88 Å². The van der Waals surface area contributed by atoms with Gasteiger partial charge in [0.2, 0.25) is 0 Å². The smallest absolute Gasteiger partial charge is 0.166 e. The Labute approximate surface area is 156 Å². The molecule has 1 aromatic heterocycles. The topological polar surface area (TPSA) is 62.7 Å². The van der Waals surface area contributed by atoms with Crippen molar-refractivity contribution in [1.29, 1.82) is 0 Å². The summed E-state index contributed by atoms with van der Waals surface area (Å²) >= 11 is 0. The van der Waals surface area contributed by atoms with Gasteiger partial charge in [0.25, 0.3) is 0 Å². The fraction of sp³-hybridized carbons (Fsp3) is 0.650. The molecule has 1 aromatic rings. The van der Waals surface area contributed by atoms with Gasteiger partial charge in [0.15, 0.2) is 11.6 Å². The fourth-order valence-corrected chi connectivity index (χ4v) is 3.49. The molecular formula is C20H31N3O3. The van der Waals surface area contributed by atoms with Crippen molar-refractivity contribution in [3.8, 4) is 0 Å². The highest BCUT2D eigenvalue weighted by Crippen LogP contribution is 2.23. The van der Waals surface area contributed by atoms with Gasteiger partial charge in [0.05, 0.1) is 6.61 Å². The summed E-state index contributed by atoms with van der Waals surface area (Å²) in [6, 6.07) is 4.46. The molecule has 1 fully saturated rings. The summed E-state index contributed by atoms with van der Waals surface area (Å²) in [4.78, 5) is 32.2. The van der Waals surface area contributed by atoms with Crippen LogP contribution >= 0.6 is 0 Å². The monoisotopic (exact) mass is 361 g/mol. The Balaban J connectivity index is 1.95. The second-order valence-corrected chi connectivity index (χ2v) is 7.54. The normalized spacial score (nSPS) is 21.2. The maximum absolute atomic E-state index is 12.1. The molecule has 0 amide bonds. The summed E-state index contributed by atoms with van der Waals surface area (Å²) in [6.45, 7) is 13.1. The third-order valence-corrected chi connectivity index (χ3v) is 4.67. The van der Waals surface area contributed by atoms with Crippen LogP contribution in [0.25, 0.3) is 0 Å². The highest BCUT2D eigenvalue weighted by atomic mass is 16.5. The minimum Gasteiger partial charge on any atom is -0.372 e. The molecule has 0 spiro atoms. The van der Waals surface area contributed by atoms with E-state index in [0.29, 0.717) is 24.3 Å². The van der Waals surface area contributed by atoms with Crippen LogP contribution in [-0.4, -0.2) is 66.4 Å². The molecule has 0 unspecified atom stereocenters. The molecule has 0 aromatic carbocycles. The van der Waals surface area contributed by atoms with Crippen molar-refractivity contribution in [3.05, 3.63) is 23.9 Å². The molecule has 1 aliphatic rings. The number of anilines is 1. The number of aromatic nitrogens is 1. The molecule has 0 saturated carbocycles. The number of hydrogen-bond donors (Lipinski definition) is 0. The summed E-state index contributed by atoms with van der Waals surface area (Å²) in [7, 11) is 0. The Kier molecular flexibility index (Phi) is 7.29. The third-order valence-electron chi connectivity index (χ3n) is 4.67. The van der Waals surface area contributed by atoms with E-state index in [2.05, 4.69) is 28.6 Å². The van der Waals surface area contributed by atoms with Gasteiger partial charge >= 0.3 is 0 Å². The van der Waals surface area contributed by atoms with Gasteiger partial charge in [-0.1, -0.05) is 13.8 Å². The lowest BCUT2D eigenvalue weighted by Gasteiger charge is -2.45. The van der Waals surface area contributed by atoms with E-state index in [-0.39, 0.29) is 24.1 Å². The number of rotatable bonds is 8. The van der Waals surface area contributed by atoms with Crippen molar-refractivity contribution in [2.45, 2.75) is 46.7 Å². The van der Waals surface area contributed by atoms with Crippen LogP contribution in [-0.2, 0) is 9.53 Å². The highest BCUT2D eigenvalue weighted by Gasteiger charge is 2.30. The molecule has 0 bridgehead atoms. The number of carbonyl (C=O) groups excluding carboxylic acids is 2. The van der Waals surface area contributed by atoms with E-state index in [4.69, 9.17) is 4.74 Å². The minimum absolute atomic E-state index is 0.0192. The molecule has 2 heterocycles. The van der Waals surface area contributed by atoms with Crippen molar-refractivity contribution in [2.24, 2.45) is 5.92 Å². The van der Waals surface area contributed by atoms with Crippen LogP contribution < -0.4 is 4.90 Å². The van der Waals surface area contributed by atoms with Crippen molar-refractivity contribution in [3.63, 3.8) is 0 Å². The Bertz CT molecular complexity index is 603. The maximum Gasteiger partial charge on any atom is 0.166 e. The second kappa shape index (κ2) is 9.24. The molecule has 0 N–H and O–H groups in total. The summed E-state index contributed by atoms with van der Waals surface area (Å²) in [5, 5.41) is 0. The Morgan fingerprint density at radius 3 is 2.38 bits per heavy atom.